The highest BCUT2D eigenvalue weighted by molar-refractivity contribution is 5.68. The Morgan fingerprint density at radius 2 is 2.11 bits per heavy atom. The summed E-state index contributed by atoms with van der Waals surface area (Å²) >= 11 is 0. The number of hydrogen-bond donors (Lipinski definition) is 1. The average molecular weight is 247 g/mol. The number of pyridine rings is 1. The third-order valence-electron chi connectivity index (χ3n) is 3.43. The van der Waals surface area contributed by atoms with E-state index in [4.69, 9.17) is 4.98 Å². The zero-order valence-corrected chi connectivity index (χ0v) is 12.4. The van der Waals surface area contributed by atoms with Gasteiger partial charge < -0.3 is 10.2 Å². The number of allylic oxidation sites excluding steroid dienone is 2. The van der Waals surface area contributed by atoms with E-state index in [1.165, 1.54) is 11.1 Å². The van der Waals surface area contributed by atoms with Gasteiger partial charge in [0.05, 0.1) is 5.69 Å². The molecule has 0 aliphatic carbocycles. The van der Waals surface area contributed by atoms with Crippen molar-refractivity contribution in [2.45, 2.75) is 33.2 Å². The molecule has 1 aromatic heterocycles. The second-order valence-electron chi connectivity index (χ2n) is 4.69. The minimum absolute atomic E-state index is 0.301. The molecular weight excluding hydrogens is 222 g/mol. The summed E-state index contributed by atoms with van der Waals surface area (Å²) in [5, 5.41) is 3.11. The maximum atomic E-state index is 4.74. The highest BCUT2D eigenvalue weighted by Gasteiger charge is 2.16. The number of rotatable bonds is 5. The number of hydrogen-bond acceptors (Lipinski definition) is 3. The molecule has 0 saturated carbocycles. The van der Waals surface area contributed by atoms with E-state index in [1.54, 1.807) is 0 Å². The van der Waals surface area contributed by atoms with Crippen molar-refractivity contribution in [2.75, 3.05) is 26.5 Å². The quantitative estimate of drug-likeness (QED) is 0.862. The van der Waals surface area contributed by atoms with Gasteiger partial charge in [0.2, 0.25) is 0 Å². The lowest BCUT2D eigenvalue weighted by Gasteiger charge is -2.23. The van der Waals surface area contributed by atoms with Gasteiger partial charge in [-0.25, -0.2) is 4.98 Å². The van der Waals surface area contributed by atoms with Crippen LogP contribution in [0.4, 0.5) is 5.82 Å². The summed E-state index contributed by atoms with van der Waals surface area (Å²) in [6.45, 7) is 6.47. The maximum absolute atomic E-state index is 4.74. The van der Waals surface area contributed by atoms with E-state index >= 15 is 0 Å². The Balaban J connectivity index is 3.33. The van der Waals surface area contributed by atoms with Gasteiger partial charge >= 0.3 is 0 Å². The fourth-order valence-electron chi connectivity index (χ4n) is 2.00. The van der Waals surface area contributed by atoms with Gasteiger partial charge in [-0.15, -0.1) is 0 Å². The fraction of sp³-hybridized carbons (Fsp3) is 0.533. The molecule has 0 bridgehead atoms. The monoisotopic (exact) mass is 247 g/mol. The Hall–Kier alpha value is -1.35. The standard InChI is InChI=1S/C15H25N3/c1-7-12(8-2)13-9-10-14(16-4)17-15(13)11(3)18(5)6/h7,9-11H,8H2,1-6H3,(H,16,17)/b12-7+. The van der Waals surface area contributed by atoms with Crippen molar-refractivity contribution < 1.29 is 0 Å². The second-order valence-corrected chi connectivity index (χ2v) is 4.69. The summed E-state index contributed by atoms with van der Waals surface area (Å²) < 4.78 is 0. The van der Waals surface area contributed by atoms with Gasteiger partial charge in [-0.2, -0.15) is 0 Å². The normalized spacial score (nSPS) is 13.8. The van der Waals surface area contributed by atoms with Crippen LogP contribution in [0.2, 0.25) is 0 Å². The van der Waals surface area contributed by atoms with E-state index in [9.17, 15) is 0 Å². The average Bonchev–Trinajstić information content (AvgIpc) is 2.39. The molecule has 3 heteroatoms. The topological polar surface area (TPSA) is 28.2 Å². The van der Waals surface area contributed by atoms with Crippen molar-refractivity contribution >= 4 is 11.4 Å². The summed E-state index contributed by atoms with van der Waals surface area (Å²) in [5.74, 6) is 0.925. The Morgan fingerprint density at radius 1 is 1.44 bits per heavy atom. The largest absolute Gasteiger partial charge is 0.373 e. The fourth-order valence-corrected chi connectivity index (χ4v) is 2.00. The van der Waals surface area contributed by atoms with Gasteiger partial charge in [-0.05, 0) is 52.1 Å². The van der Waals surface area contributed by atoms with Crippen LogP contribution in [-0.4, -0.2) is 31.0 Å². The zero-order chi connectivity index (χ0) is 13.7. The minimum Gasteiger partial charge on any atom is -0.373 e. The van der Waals surface area contributed by atoms with E-state index in [0.29, 0.717) is 6.04 Å². The molecule has 1 rings (SSSR count). The van der Waals surface area contributed by atoms with Crippen molar-refractivity contribution in [3.63, 3.8) is 0 Å². The molecule has 100 valence electrons. The Morgan fingerprint density at radius 3 is 2.56 bits per heavy atom. The first-order chi connectivity index (χ1) is 8.54. The van der Waals surface area contributed by atoms with Crippen LogP contribution < -0.4 is 5.32 Å². The van der Waals surface area contributed by atoms with Crippen LogP contribution in [0.25, 0.3) is 5.57 Å². The molecular formula is C15H25N3. The molecule has 1 unspecified atom stereocenters. The summed E-state index contributed by atoms with van der Waals surface area (Å²) in [6.07, 6.45) is 3.21. The van der Waals surface area contributed by atoms with Crippen LogP contribution in [0.1, 0.15) is 44.5 Å². The SMILES string of the molecule is C/C=C(\CC)c1ccc(NC)nc1C(C)N(C)C. The van der Waals surface area contributed by atoms with Gasteiger partial charge in [0, 0.05) is 18.7 Å². The lowest BCUT2D eigenvalue weighted by atomic mass is 9.98. The first-order valence-electron chi connectivity index (χ1n) is 6.55. The van der Waals surface area contributed by atoms with E-state index in [2.05, 4.69) is 57.2 Å². The number of nitrogens with zero attached hydrogens (tertiary/aromatic N) is 2. The molecule has 18 heavy (non-hydrogen) atoms. The molecule has 0 aliphatic heterocycles. The molecule has 3 nitrogen and oxygen atoms in total. The Labute approximate surface area is 111 Å². The van der Waals surface area contributed by atoms with Crippen molar-refractivity contribution in [1.29, 1.82) is 0 Å². The van der Waals surface area contributed by atoms with Crippen molar-refractivity contribution in [2.24, 2.45) is 0 Å². The van der Waals surface area contributed by atoms with Crippen molar-refractivity contribution in [1.82, 2.24) is 9.88 Å². The Kier molecular flexibility index (Phi) is 5.35. The molecule has 0 saturated heterocycles. The summed E-state index contributed by atoms with van der Waals surface area (Å²) in [4.78, 5) is 6.92. The molecule has 1 N–H and O–H groups in total. The molecule has 1 atom stereocenters. The van der Waals surface area contributed by atoms with Crippen molar-refractivity contribution in [3.05, 3.63) is 29.5 Å². The Bertz CT molecular complexity index is 422. The number of anilines is 1. The van der Waals surface area contributed by atoms with E-state index < -0.39 is 0 Å². The molecule has 0 aliphatic rings. The molecule has 1 aromatic rings. The van der Waals surface area contributed by atoms with Gasteiger partial charge in [-0.3, -0.25) is 0 Å². The first-order valence-corrected chi connectivity index (χ1v) is 6.55. The summed E-state index contributed by atoms with van der Waals surface area (Å²) in [7, 11) is 6.08. The highest BCUT2D eigenvalue weighted by Crippen LogP contribution is 2.28. The smallest absolute Gasteiger partial charge is 0.126 e. The van der Waals surface area contributed by atoms with Gasteiger partial charge in [0.1, 0.15) is 5.82 Å². The van der Waals surface area contributed by atoms with Gasteiger partial charge in [0.25, 0.3) is 0 Å². The van der Waals surface area contributed by atoms with Crippen LogP contribution in [0.15, 0.2) is 18.2 Å². The van der Waals surface area contributed by atoms with Gasteiger partial charge in [-0.1, -0.05) is 13.0 Å². The van der Waals surface area contributed by atoms with E-state index in [1.807, 2.05) is 13.1 Å². The van der Waals surface area contributed by atoms with Crippen LogP contribution >= 0.6 is 0 Å². The predicted octanol–water partition coefficient (Wildman–Crippen LogP) is 3.56. The maximum Gasteiger partial charge on any atom is 0.126 e. The summed E-state index contributed by atoms with van der Waals surface area (Å²) in [6, 6.07) is 4.52. The van der Waals surface area contributed by atoms with E-state index in [-0.39, 0.29) is 0 Å². The zero-order valence-electron chi connectivity index (χ0n) is 12.4. The minimum atomic E-state index is 0.301. The predicted molar refractivity (Wildman–Crippen MR) is 79.8 cm³/mol. The highest BCUT2D eigenvalue weighted by atomic mass is 15.1. The van der Waals surface area contributed by atoms with Gasteiger partial charge in [0.15, 0.2) is 0 Å². The number of nitrogens with one attached hydrogen (secondary N) is 1. The van der Waals surface area contributed by atoms with Crippen LogP contribution in [0.5, 0.6) is 0 Å². The van der Waals surface area contributed by atoms with Crippen LogP contribution in [-0.2, 0) is 0 Å². The second kappa shape index (κ2) is 6.55. The summed E-state index contributed by atoms with van der Waals surface area (Å²) in [5.41, 5.74) is 3.76. The third kappa shape index (κ3) is 3.10. The molecule has 0 spiro atoms. The lowest BCUT2D eigenvalue weighted by Crippen LogP contribution is -2.19. The molecule has 0 aromatic carbocycles. The van der Waals surface area contributed by atoms with Crippen molar-refractivity contribution in [3.8, 4) is 0 Å². The first kappa shape index (κ1) is 14.7. The molecule has 0 amide bonds. The molecule has 1 heterocycles. The molecule has 0 radical (unpaired) electrons. The number of aromatic nitrogens is 1. The van der Waals surface area contributed by atoms with Crippen LogP contribution in [0, 0.1) is 0 Å². The molecule has 0 fully saturated rings. The van der Waals surface area contributed by atoms with E-state index in [0.717, 1.165) is 17.9 Å². The lowest BCUT2D eigenvalue weighted by molar-refractivity contribution is 0.315. The third-order valence-corrected chi connectivity index (χ3v) is 3.43. The van der Waals surface area contributed by atoms with Crippen LogP contribution in [0.3, 0.4) is 0 Å².